The van der Waals surface area contributed by atoms with Crippen molar-refractivity contribution in [1.82, 2.24) is 0 Å². The summed E-state index contributed by atoms with van der Waals surface area (Å²) in [6.45, 7) is 4.02. The minimum atomic E-state index is -3.16. The van der Waals surface area contributed by atoms with Gasteiger partial charge < -0.3 is 9.05 Å². The van der Waals surface area contributed by atoms with Gasteiger partial charge in [0.2, 0.25) is 0 Å². The van der Waals surface area contributed by atoms with Crippen molar-refractivity contribution in [3.63, 3.8) is 0 Å². The molecule has 0 N–H and O–H groups in total. The van der Waals surface area contributed by atoms with Gasteiger partial charge >= 0.3 is 7.60 Å². The van der Waals surface area contributed by atoms with Crippen LogP contribution >= 0.6 is 7.60 Å². The number of hydrogen-bond acceptors (Lipinski definition) is 5. The summed E-state index contributed by atoms with van der Waals surface area (Å²) in [5, 5.41) is 17.3. The molecule has 0 rings (SSSR count). The minimum Gasteiger partial charge on any atom is -0.309 e. The molecule has 90 valence electrons. The van der Waals surface area contributed by atoms with Crippen LogP contribution < -0.4 is 0 Å². The van der Waals surface area contributed by atoms with E-state index >= 15 is 0 Å². The van der Waals surface area contributed by atoms with Crippen molar-refractivity contribution in [3.8, 4) is 12.1 Å². The predicted molar refractivity (Wildman–Crippen MR) is 59.7 cm³/mol. The second kappa shape index (κ2) is 8.30. The fraction of sp³-hybridized carbons (Fsp3) is 0.800. The molecule has 0 spiro atoms. The Morgan fingerprint density at radius 1 is 1.25 bits per heavy atom. The van der Waals surface area contributed by atoms with E-state index in [-0.39, 0.29) is 25.8 Å². The fourth-order valence-electron chi connectivity index (χ4n) is 1.24. The van der Waals surface area contributed by atoms with E-state index in [1.54, 1.807) is 13.8 Å². The van der Waals surface area contributed by atoms with E-state index < -0.39 is 13.5 Å². The van der Waals surface area contributed by atoms with Crippen LogP contribution in [0.1, 0.15) is 26.7 Å². The Bertz CT molecular complexity index is 309. The summed E-state index contributed by atoms with van der Waals surface area (Å²) in [6.07, 6.45) is 0.737. The van der Waals surface area contributed by atoms with Crippen molar-refractivity contribution in [2.75, 3.05) is 19.4 Å². The first-order valence-corrected chi connectivity index (χ1v) is 6.99. The monoisotopic (exact) mass is 244 g/mol. The molecule has 1 atom stereocenters. The highest BCUT2D eigenvalue weighted by molar-refractivity contribution is 7.53. The van der Waals surface area contributed by atoms with Gasteiger partial charge in [-0.15, -0.1) is 0 Å². The van der Waals surface area contributed by atoms with Gasteiger partial charge in [0.25, 0.3) is 0 Å². The van der Waals surface area contributed by atoms with Crippen LogP contribution in [0.4, 0.5) is 0 Å². The number of hydrogen-bond donors (Lipinski definition) is 0. The standard InChI is InChI=1S/C10H17N2O3P/c1-3-14-16(13,15-4-2)9-10(8-12)6-5-7-11/h10H,3-6,9H2,1-2H3. The lowest BCUT2D eigenvalue weighted by atomic mass is 10.1. The van der Waals surface area contributed by atoms with Gasteiger partial charge in [-0.1, -0.05) is 0 Å². The van der Waals surface area contributed by atoms with Crippen molar-refractivity contribution in [3.05, 3.63) is 0 Å². The normalized spacial score (nSPS) is 12.8. The van der Waals surface area contributed by atoms with Crippen molar-refractivity contribution in [2.24, 2.45) is 5.92 Å². The van der Waals surface area contributed by atoms with Gasteiger partial charge in [0, 0.05) is 6.42 Å². The van der Waals surface area contributed by atoms with Gasteiger partial charge in [0.1, 0.15) is 0 Å². The second-order valence-corrected chi connectivity index (χ2v) is 5.26. The lowest BCUT2D eigenvalue weighted by Gasteiger charge is -2.18. The zero-order valence-electron chi connectivity index (χ0n) is 9.68. The SMILES string of the molecule is CCOP(=O)(CC(C#N)CCC#N)OCC. The zero-order chi connectivity index (χ0) is 12.4. The molecule has 6 heteroatoms. The Morgan fingerprint density at radius 2 is 1.81 bits per heavy atom. The van der Waals surface area contributed by atoms with Crippen LogP contribution in [-0.2, 0) is 13.6 Å². The Hall–Kier alpha value is -0.870. The second-order valence-electron chi connectivity index (χ2n) is 3.15. The molecule has 0 fully saturated rings. The van der Waals surface area contributed by atoms with E-state index in [1.807, 2.05) is 12.1 Å². The van der Waals surface area contributed by atoms with Crippen LogP contribution in [0.15, 0.2) is 0 Å². The zero-order valence-corrected chi connectivity index (χ0v) is 10.6. The first kappa shape index (κ1) is 15.1. The van der Waals surface area contributed by atoms with Crippen LogP contribution in [-0.4, -0.2) is 19.4 Å². The van der Waals surface area contributed by atoms with Gasteiger partial charge in [-0.3, -0.25) is 4.57 Å². The summed E-state index contributed by atoms with van der Waals surface area (Å²) in [5.41, 5.74) is 0. The van der Waals surface area contributed by atoms with Crippen molar-refractivity contribution in [2.45, 2.75) is 26.7 Å². The predicted octanol–water partition coefficient (Wildman–Crippen LogP) is 2.70. The first-order valence-electron chi connectivity index (χ1n) is 5.26. The number of nitriles is 2. The van der Waals surface area contributed by atoms with Crippen molar-refractivity contribution < 1.29 is 13.6 Å². The Labute approximate surface area is 96.5 Å². The highest BCUT2D eigenvalue weighted by Crippen LogP contribution is 2.49. The van der Waals surface area contributed by atoms with E-state index in [4.69, 9.17) is 19.6 Å². The van der Waals surface area contributed by atoms with Crippen LogP contribution in [0.5, 0.6) is 0 Å². The van der Waals surface area contributed by atoms with Gasteiger partial charge in [-0.05, 0) is 20.3 Å². The molecule has 0 saturated heterocycles. The topological polar surface area (TPSA) is 83.1 Å². The highest BCUT2D eigenvalue weighted by Gasteiger charge is 2.28. The summed E-state index contributed by atoms with van der Waals surface area (Å²) in [6, 6.07) is 3.99. The largest absolute Gasteiger partial charge is 0.331 e. The molecule has 0 aliphatic carbocycles. The molecular weight excluding hydrogens is 227 g/mol. The van der Waals surface area contributed by atoms with Crippen LogP contribution in [0, 0.1) is 28.6 Å². The third-order valence-electron chi connectivity index (χ3n) is 1.88. The maximum absolute atomic E-state index is 12.1. The van der Waals surface area contributed by atoms with E-state index in [9.17, 15) is 4.57 Å². The molecule has 0 bridgehead atoms. The summed E-state index contributed by atoms with van der Waals surface area (Å²) in [4.78, 5) is 0. The number of nitrogens with zero attached hydrogens (tertiary/aromatic N) is 2. The van der Waals surface area contributed by atoms with Crippen molar-refractivity contribution >= 4 is 7.60 Å². The maximum atomic E-state index is 12.1. The summed E-state index contributed by atoms with van der Waals surface area (Å²) in [7, 11) is -3.16. The van der Waals surface area contributed by atoms with Gasteiger partial charge in [-0.2, -0.15) is 10.5 Å². The summed E-state index contributed by atoms with van der Waals surface area (Å²) >= 11 is 0. The van der Waals surface area contributed by atoms with Crippen LogP contribution in [0.25, 0.3) is 0 Å². The highest BCUT2D eigenvalue weighted by atomic mass is 31.2. The molecular formula is C10H17N2O3P. The van der Waals surface area contributed by atoms with E-state index in [1.165, 1.54) is 0 Å². The lowest BCUT2D eigenvalue weighted by molar-refractivity contribution is 0.217. The summed E-state index contributed by atoms with van der Waals surface area (Å²) < 4.78 is 22.2. The molecule has 0 radical (unpaired) electrons. The minimum absolute atomic E-state index is 0.0624. The van der Waals surface area contributed by atoms with Gasteiger partial charge in [0.05, 0.1) is 37.4 Å². The van der Waals surface area contributed by atoms with Crippen LogP contribution in [0.2, 0.25) is 0 Å². The Balaban J connectivity index is 4.42. The molecule has 0 aromatic carbocycles. The third-order valence-corrected chi connectivity index (χ3v) is 4.07. The molecule has 0 heterocycles. The van der Waals surface area contributed by atoms with Crippen molar-refractivity contribution in [1.29, 1.82) is 10.5 Å². The fourth-order valence-corrected chi connectivity index (χ4v) is 3.12. The quantitative estimate of drug-likeness (QED) is 0.613. The molecule has 0 amide bonds. The molecule has 16 heavy (non-hydrogen) atoms. The van der Waals surface area contributed by atoms with Gasteiger partial charge in [-0.25, -0.2) is 0 Å². The Morgan fingerprint density at radius 3 is 2.19 bits per heavy atom. The van der Waals surface area contributed by atoms with Crippen LogP contribution in [0.3, 0.4) is 0 Å². The van der Waals surface area contributed by atoms with E-state index in [0.29, 0.717) is 6.42 Å². The molecule has 1 unspecified atom stereocenters. The van der Waals surface area contributed by atoms with E-state index in [2.05, 4.69) is 0 Å². The average molecular weight is 244 g/mol. The van der Waals surface area contributed by atoms with Gasteiger partial charge in [0.15, 0.2) is 0 Å². The Kier molecular flexibility index (Phi) is 7.85. The summed E-state index contributed by atoms with van der Waals surface area (Å²) in [5.74, 6) is -0.455. The smallest absolute Gasteiger partial charge is 0.309 e. The number of rotatable bonds is 8. The third kappa shape index (κ3) is 5.88. The van der Waals surface area contributed by atoms with E-state index in [0.717, 1.165) is 0 Å². The molecule has 0 saturated carbocycles. The molecule has 0 aromatic heterocycles. The maximum Gasteiger partial charge on any atom is 0.331 e. The first-order chi connectivity index (χ1) is 7.61. The molecule has 0 aliphatic heterocycles. The molecule has 0 aliphatic rings. The molecule has 0 aromatic rings. The molecule has 5 nitrogen and oxygen atoms in total. The average Bonchev–Trinajstić information content (AvgIpc) is 2.25. The lowest BCUT2D eigenvalue weighted by Crippen LogP contribution is -2.09.